The van der Waals surface area contributed by atoms with E-state index in [4.69, 9.17) is 11.5 Å². The van der Waals surface area contributed by atoms with Crippen LogP contribution in [-0.4, -0.2) is 11.1 Å². The van der Waals surface area contributed by atoms with Crippen molar-refractivity contribution < 1.29 is 0 Å². The molecule has 0 heterocycles. The summed E-state index contributed by atoms with van der Waals surface area (Å²) >= 11 is 0. The van der Waals surface area contributed by atoms with Gasteiger partial charge in [0.15, 0.2) is 0 Å². The molecule has 0 aliphatic carbocycles. The van der Waals surface area contributed by atoms with Gasteiger partial charge in [0.1, 0.15) is 0 Å². The van der Waals surface area contributed by atoms with Gasteiger partial charge in [0, 0.05) is 11.1 Å². The van der Waals surface area contributed by atoms with E-state index in [0.717, 1.165) is 25.7 Å². The van der Waals surface area contributed by atoms with Gasteiger partial charge in [-0.15, -0.1) is 0 Å². The molecule has 1 rings (SSSR count). The van der Waals surface area contributed by atoms with E-state index < -0.39 is 0 Å². The topological polar surface area (TPSA) is 52.0 Å². The van der Waals surface area contributed by atoms with Crippen LogP contribution in [-0.2, 0) is 12.8 Å². The van der Waals surface area contributed by atoms with E-state index in [9.17, 15) is 0 Å². The van der Waals surface area contributed by atoms with Gasteiger partial charge in [0.25, 0.3) is 0 Å². The van der Waals surface area contributed by atoms with Crippen LogP contribution in [0.2, 0.25) is 0 Å². The predicted molar refractivity (Wildman–Crippen MR) is 79.6 cm³/mol. The molecular formula is C16H28N2. The largest absolute Gasteiger partial charge is 0.326 e. The Balaban J connectivity index is 2.48. The molecule has 0 saturated heterocycles. The van der Waals surface area contributed by atoms with Gasteiger partial charge in [0.2, 0.25) is 0 Å². The lowest BCUT2D eigenvalue weighted by Crippen LogP contribution is -2.32. The summed E-state index contributed by atoms with van der Waals surface area (Å²) < 4.78 is 0. The number of hydrogen-bond acceptors (Lipinski definition) is 2. The normalized spacial score (nSPS) is 12.8. The molecule has 0 aliphatic rings. The van der Waals surface area contributed by atoms with Gasteiger partial charge < -0.3 is 11.5 Å². The zero-order valence-corrected chi connectivity index (χ0v) is 12.3. The van der Waals surface area contributed by atoms with Crippen LogP contribution in [0.25, 0.3) is 0 Å². The number of aryl methyl sites for hydroxylation is 2. The highest BCUT2D eigenvalue weighted by atomic mass is 14.7. The zero-order chi connectivity index (χ0) is 13.8. The van der Waals surface area contributed by atoms with E-state index in [-0.39, 0.29) is 11.1 Å². The van der Waals surface area contributed by atoms with Crippen molar-refractivity contribution in [1.82, 2.24) is 0 Å². The van der Waals surface area contributed by atoms with Crippen molar-refractivity contribution in [2.75, 3.05) is 0 Å². The highest BCUT2D eigenvalue weighted by Crippen LogP contribution is 2.14. The third-order valence-electron chi connectivity index (χ3n) is 3.14. The van der Waals surface area contributed by atoms with Gasteiger partial charge in [-0.3, -0.25) is 0 Å². The standard InChI is InChI=1S/C16H28N2/c1-15(2,17)11-9-13-5-7-14(8-6-13)10-12-16(3,4)18/h5-8H,9-12,17-18H2,1-4H3. The van der Waals surface area contributed by atoms with E-state index >= 15 is 0 Å². The summed E-state index contributed by atoms with van der Waals surface area (Å²) in [5.74, 6) is 0. The van der Waals surface area contributed by atoms with Crippen LogP contribution >= 0.6 is 0 Å². The van der Waals surface area contributed by atoms with Gasteiger partial charge in [-0.1, -0.05) is 24.3 Å². The predicted octanol–water partition coefficient (Wildman–Crippen LogP) is 3.03. The summed E-state index contributed by atoms with van der Waals surface area (Å²) in [5.41, 5.74) is 14.6. The number of benzene rings is 1. The number of hydrogen-bond donors (Lipinski definition) is 2. The van der Waals surface area contributed by atoms with Gasteiger partial charge in [-0.25, -0.2) is 0 Å². The molecule has 1 aromatic rings. The molecule has 1 aromatic carbocycles. The smallest absolute Gasteiger partial charge is 0.0100 e. The molecule has 4 N–H and O–H groups in total. The van der Waals surface area contributed by atoms with Crippen molar-refractivity contribution in [3.05, 3.63) is 35.4 Å². The van der Waals surface area contributed by atoms with Crippen LogP contribution in [0, 0.1) is 0 Å². The molecule has 0 saturated carbocycles. The SMILES string of the molecule is CC(C)(N)CCc1ccc(CCC(C)(C)N)cc1. The minimum atomic E-state index is -0.0811. The van der Waals surface area contributed by atoms with Crippen LogP contribution in [0.1, 0.15) is 51.7 Å². The second-order valence-electron chi connectivity index (χ2n) is 6.79. The monoisotopic (exact) mass is 248 g/mol. The molecule has 102 valence electrons. The molecule has 0 radical (unpaired) electrons. The molecule has 0 aromatic heterocycles. The molecule has 0 atom stereocenters. The quantitative estimate of drug-likeness (QED) is 0.813. The minimum Gasteiger partial charge on any atom is -0.326 e. The molecular weight excluding hydrogens is 220 g/mol. The molecule has 0 fully saturated rings. The Bertz CT molecular complexity index is 315. The van der Waals surface area contributed by atoms with Crippen molar-refractivity contribution in [2.24, 2.45) is 11.5 Å². The molecule has 2 heteroatoms. The molecule has 18 heavy (non-hydrogen) atoms. The first-order valence-electron chi connectivity index (χ1n) is 6.81. The summed E-state index contributed by atoms with van der Waals surface area (Å²) in [6.45, 7) is 8.30. The van der Waals surface area contributed by atoms with Gasteiger partial charge in [-0.05, 0) is 64.5 Å². The van der Waals surface area contributed by atoms with Crippen LogP contribution in [0.5, 0.6) is 0 Å². The Kier molecular flexibility index (Phi) is 4.94. The number of rotatable bonds is 6. The van der Waals surface area contributed by atoms with E-state index in [1.54, 1.807) is 0 Å². The fraction of sp³-hybridized carbons (Fsp3) is 0.625. The average molecular weight is 248 g/mol. The molecule has 0 unspecified atom stereocenters. The lowest BCUT2D eigenvalue weighted by atomic mass is 9.94. The lowest BCUT2D eigenvalue weighted by molar-refractivity contribution is 0.475. The Morgan fingerprint density at radius 3 is 1.22 bits per heavy atom. The average Bonchev–Trinajstić information content (AvgIpc) is 2.23. The molecule has 2 nitrogen and oxygen atoms in total. The first-order chi connectivity index (χ1) is 8.16. The molecule has 0 bridgehead atoms. The fourth-order valence-corrected chi connectivity index (χ4v) is 1.81. The summed E-state index contributed by atoms with van der Waals surface area (Å²) in [7, 11) is 0. The zero-order valence-electron chi connectivity index (χ0n) is 12.3. The van der Waals surface area contributed by atoms with Gasteiger partial charge >= 0.3 is 0 Å². The van der Waals surface area contributed by atoms with Crippen molar-refractivity contribution in [1.29, 1.82) is 0 Å². The number of nitrogens with two attached hydrogens (primary N) is 2. The van der Waals surface area contributed by atoms with E-state index in [1.165, 1.54) is 11.1 Å². The minimum absolute atomic E-state index is 0.0811. The van der Waals surface area contributed by atoms with E-state index in [1.807, 2.05) is 0 Å². The highest BCUT2D eigenvalue weighted by Gasteiger charge is 2.11. The second kappa shape index (κ2) is 5.85. The summed E-state index contributed by atoms with van der Waals surface area (Å²) in [4.78, 5) is 0. The van der Waals surface area contributed by atoms with Crippen LogP contribution in [0.4, 0.5) is 0 Å². The summed E-state index contributed by atoms with van der Waals surface area (Å²) in [5, 5.41) is 0. The van der Waals surface area contributed by atoms with Crippen molar-refractivity contribution in [3.63, 3.8) is 0 Å². The Morgan fingerprint density at radius 1 is 0.722 bits per heavy atom. The first-order valence-corrected chi connectivity index (χ1v) is 6.81. The maximum absolute atomic E-state index is 5.99. The summed E-state index contributed by atoms with van der Waals surface area (Å²) in [6, 6.07) is 8.85. The van der Waals surface area contributed by atoms with Gasteiger partial charge in [0.05, 0.1) is 0 Å². The third-order valence-corrected chi connectivity index (χ3v) is 3.14. The Hall–Kier alpha value is -0.860. The van der Waals surface area contributed by atoms with Crippen LogP contribution in [0.15, 0.2) is 24.3 Å². The Morgan fingerprint density at radius 2 is 1.00 bits per heavy atom. The summed E-state index contributed by atoms with van der Waals surface area (Å²) in [6.07, 6.45) is 4.13. The van der Waals surface area contributed by atoms with Crippen molar-refractivity contribution in [2.45, 2.75) is 64.5 Å². The highest BCUT2D eigenvalue weighted by molar-refractivity contribution is 5.23. The molecule has 0 amide bonds. The maximum atomic E-state index is 5.99. The van der Waals surface area contributed by atoms with Crippen LogP contribution in [0.3, 0.4) is 0 Å². The first kappa shape index (κ1) is 15.2. The van der Waals surface area contributed by atoms with E-state index in [2.05, 4.69) is 52.0 Å². The van der Waals surface area contributed by atoms with Gasteiger partial charge in [-0.2, -0.15) is 0 Å². The molecule has 0 aliphatic heterocycles. The fourth-order valence-electron chi connectivity index (χ4n) is 1.81. The van der Waals surface area contributed by atoms with Crippen LogP contribution < -0.4 is 11.5 Å². The van der Waals surface area contributed by atoms with E-state index in [0.29, 0.717) is 0 Å². The third kappa shape index (κ3) is 6.77. The maximum Gasteiger partial charge on any atom is 0.0100 e. The van der Waals surface area contributed by atoms with Crippen molar-refractivity contribution >= 4 is 0 Å². The van der Waals surface area contributed by atoms with Crippen molar-refractivity contribution in [3.8, 4) is 0 Å². The lowest BCUT2D eigenvalue weighted by Gasteiger charge is -2.19. The molecule has 0 spiro atoms. The second-order valence-corrected chi connectivity index (χ2v) is 6.79. The Labute approximate surface area is 112 Å².